The van der Waals surface area contributed by atoms with Gasteiger partial charge in [0.25, 0.3) is 0 Å². The van der Waals surface area contributed by atoms with Gasteiger partial charge < -0.3 is 21.1 Å². The van der Waals surface area contributed by atoms with Crippen molar-refractivity contribution in [2.75, 3.05) is 5.73 Å². The number of aliphatic hydroxyl groups is 2. The number of halogens is 4. The summed E-state index contributed by atoms with van der Waals surface area (Å²) >= 11 is 0. The van der Waals surface area contributed by atoms with Gasteiger partial charge in [-0.05, 0) is 230 Å². The summed E-state index contributed by atoms with van der Waals surface area (Å²) < 4.78 is 57.8. The number of carbonyl (C=O) groups excluding carboxylic acids is 1. The van der Waals surface area contributed by atoms with Crippen molar-refractivity contribution in [2.24, 2.45) is 70.0 Å². The van der Waals surface area contributed by atoms with Gasteiger partial charge in [-0.1, -0.05) is 26.0 Å². The molecule has 10 heteroatoms. The molecular weight excluding hydrogens is 807 g/mol. The van der Waals surface area contributed by atoms with Gasteiger partial charge in [-0.3, -0.25) is 9.59 Å². The average Bonchev–Trinajstić information content (AvgIpc) is 3.78. The Balaban J connectivity index is 0.000000150. The predicted molar refractivity (Wildman–Crippen MR) is 237 cm³/mol. The molecule has 0 unspecified atom stereocenters. The number of aliphatic carboxylic acids is 1. The molecule has 0 saturated heterocycles. The van der Waals surface area contributed by atoms with Crippen LogP contribution in [0.15, 0.2) is 48.5 Å². The first-order valence-electron chi connectivity index (χ1n) is 24.4. The average molecular weight is 880 g/mol. The molecule has 10 rings (SSSR count). The second-order valence-electron chi connectivity index (χ2n) is 23.1. The molecule has 2 aromatic carbocycles. The van der Waals surface area contributed by atoms with Crippen molar-refractivity contribution in [3.63, 3.8) is 0 Å². The number of alkyl halides is 2. The fourth-order valence-electron chi connectivity index (χ4n) is 16.3. The zero-order valence-corrected chi connectivity index (χ0v) is 38.1. The maximum absolute atomic E-state index is 16.4. The lowest BCUT2D eigenvalue weighted by Gasteiger charge is -2.59. The number of hydrogen-bond acceptors (Lipinski definition) is 5. The van der Waals surface area contributed by atoms with Crippen molar-refractivity contribution in [2.45, 2.75) is 172 Å². The van der Waals surface area contributed by atoms with Crippen LogP contribution in [-0.2, 0) is 16.0 Å². The van der Waals surface area contributed by atoms with E-state index < -0.39 is 28.5 Å². The Morgan fingerprint density at radius 3 is 1.44 bits per heavy atom. The molecule has 8 saturated carbocycles. The summed E-state index contributed by atoms with van der Waals surface area (Å²) in [6, 6.07) is 12.0. The highest BCUT2D eigenvalue weighted by Crippen LogP contribution is 2.68. The van der Waals surface area contributed by atoms with E-state index in [0.29, 0.717) is 74.3 Å². The molecule has 5 N–H and O–H groups in total. The topological polar surface area (TPSA) is 121 Å². The molecule has 0 heterocycles. The second-order valence-corrected chi connectivity index (χ2v) is 23.1. The highest BCUT2D eigenvalue weighted by molar-refractivity contribution is 5.84. The van der Waals surface area contributed by atoms with Gasteiger partial charge >= 0.3 is 5.97 Å². The van der Waals surface area contributed by atoms with Crippen LogP contribution < -0.4 is 5.73 Å². The first kappa shape index (κ1) is 46.5. The first-order valence-corrected chi connectivity index (χ1v) is 24.4. The van der Waals surface area contributed by atoms with Gasteiger partial charge in [0, 0.05) is 18.0 Å². The van der Waals surface area contributed by atoms with Crippen LogP contribution in [0.25, 0.3) is 0 Å². The SMILES string of the molecule is C[C@@]1(O)CC[C@@]2(F)[C@H](CC[C@H]3[C@@H]4CC[C@H](C(=O)Cc5ccc(F)cc5)[C@@]4(C)CC[C@@H]32)C1.C[C@@]1(O)CC[C@@]2(F)[C@H](CC[C@H]3[C@@H]4CC[C@H](C(=O)O)[C@@]4(C)CC[C@@H]32)C1.Nc1ccc(F)cc1. The van der Waals surface area contributed by atoms with E-state index >= 15 is 8.78 Å². The highest BCUT2D eigenvalue weighted by atomic mass is 19.2. The summed E-state index contributed by atoms with van der Waals surface area (Å²) in [4.78, 5) is 25.0. The van der Waals surface area contributed by atoms with E-state index in [1.54, 1.807) is 12.1 Å². The molecule has 0 bridgehead atoms. The van der Waals surface area contributed by atoms with Gasteiger partial charge in [0.1, 0.15) is 28.8 Å². The molecule has 0 aromatic heterocycles. The number of rotatable bonds is 4. The number of hydrogen-bond donors (Lipinski definition) is 4. The number of nitrogens with two attached hydrogens (primary N) is 1. The quantitative estimate of drug-likeness (QED) is 0.179. The zero-order valence-electron chi connectivity index (χ0n) is 38.1. The molecule has 2 aromatic rings. The predicted octanol–water partition coefficient (Wildman–Crippen LogP) is 11.6. The van der Waals surface area contributed by atoms with Crippen LogP contribution in [0.3, 0.4) is 0 Å². The van der Waals surface area contributed by atoms with Gasteiger partial charge in [0.2, 0.25) is 0 Å². The van der Waals surface area contributed by atoms with Gasteiger partial charge in [-0.15, -0.1) is 0 Å². The van der Waals surface area contributed by atoms with E-state index in [1.807, 2.05) is 13.8 Å². The summed E-state index contributed by atoms with van der Waals surface area (Å²) in [7, 11) is 0. The Kier molecular flexibility index (Phi) is 12.6. The Hall–Kier alpha value is -2.98. The standard InChI is InChI=1S/C27H36F2O2.C20H31FO3.C6H6FN/c1-25(31)13-14-27(29)18(16-25)5-8-20-21-9-10-23(26(21,2)12-11-22(20)27)24(30)15-17-3-6-19(28)7-4-17;1-18(24)9-10-20(21)12(11-18)3-4-13-14-5-6-16(17(22)23)19(14,2)8-7-15(13)20;7-5-1-3-6(8)4-2-5/h3-4,6-7,18,20-23,31H,5,8-16H2,1-2H3;12-16,24H,3-11H2,1-2H3,(H,22,23);1-4H,8H2/t18-,20+,21+,22+,23-,25-,26+,27-;12-,13+,14+,15+,16-,18-,19+,20-;/m11./s1. The molecule has 6 nitrogen and oxygen atoms in total. The van der Waals surface area contributed by atoms with Crippen LogP contribution in [0.5, 0.6) is 0 Å². The minimum atomic E-state index is -1.14. The Morgan fingerprint density at radius 1 is 0.571 bits per heavy atom. The molecule has 8 aliphatic rings. The minimum absolute atomic E-state index is 0.0106. The molecule has 0 spiro atoms. The largest absolute Gasteiger partial charge is 0.481 e. The number of nitrogen functional groups attached to an aromatic ring is 1. The number of benzene rings is 2. The summed E-state index contributed by atoms with van der Waals surface area (Å²) in [6.45, 7) is 8.16. The van der Waals surface area contributed by atoms with Gasteiger partial charge in [0.05, 0.1) is 17.1 Å². The third kappa shape index (κ3) is 8.64. The van der Waals surface area contributed by atoms with E-state index in [2.05, 4.69) is 13.8 Å². The Morgan fingerprint density at radius 2 is 1.00 bits per heavy atom. The van der Waals surface area contributed by atoms with Gasteiger partial charge in [-0.2, -0.15) is 0 Å². The lowest BCUT2D eigenvalue weighted by atomic mass is 9.47. The Labute approximate surface area is 372 Å². The summed E-state index contributed by atoms with van der Waals surface area (Å²) in [5.74, 6) is 0.520. The first-order chi connectivity index (χ1) is 29.6. The third-order valence-electron chi connectivity index (χ3n) is 19.5. The summed E-state index contributed by atoms with van der Waals surface area (Å²) in [5, 5.41) is 30.5. The number of fused-ring (bicyclic) bond motifs is 10. The molecular formula is C53H73F4NO5. The molecule has 0 aliphatic heterocycles. The molecule has 8 aliphatic carbocycles. The molecule has 63 heavy (non-hydrogen) atoms. The minimum Gasteiger partial charge on any atom is -0.481 e. The van der Waals surface area contributed by atoms with Crippen LogP contribution in [0, 0.1) is 81.6 Å². The van der Waals surface area contributed by atoms with E-state index in [1.165, 1.54) is 36.4 Å². The number of ketones is 1. The van der Waals surface area contributed by atoms with E-state index in [9.17, 15) is 33.7 Å². The van der Waals surface area contributed by atoms with E-state index in [0.717, 1.165) is 82.6 Å². The lowest BCUT2D eigenvalue weighted by molar-refractivity contribution is -0.169. The van der Waals surface area contributed by atoms with Crippen molar-refractivity contribution >= 4 is 17.4 Å². The molecule has 0 radical (unpaired) electrons. The van der Waals surface area contributed by atoms with Gasteiger partial charge in [-0.25, -0.2) is 17.6 Å². The highest BCUT2D eigenvalue weighted by Gasteiger charge is 2.65. The molecule has 0 amide bonds. The monoisotopic (exact) mass is 880 g/mol. The molecule has 16 atom stereocenters. The smallest absolute Gasteiger partial charge is 0.307 e. The van der Waals surface area contributed by atoms with Crippen molar-refractivity contribution in [3.05, 3.63) is 65.7 Å². The number of anilines is 1. The number of carboxylic acid groups (broad SMARTS) is 1. The lowest BCUT2D eigenvalue weighted by Crippen LogP contribution is -2.58. The zero-order chi connectivity index (χ0) is 45.3. The van der Waals surface area contributed by atoms with E-state index in [4.69, 9.17) is 5.73 Å². The van der Waals surface area contributed by atoms with Crippen LogP contribution in [0.4, 0.5) is 23.2 Å². The maximum Gasteiger partial charge on any atom is 0.307 e. The van der Waals surface area contributed by atoms with Gasteiger partial charge in [0.15, 0.2) is 0 Å². The van der Waals surface area contributed by atoms with Crippen molar-refractivity contribution in [3.8, 4) is 0 Å². The van der Waals surface area contributed by atoms with Crippen LogP contribution in [-0.4, -0.2) is 49.6 Å². The summed E-state index contributed by atoms with van der Waals surface area (Å²) in [6.07, 6.45) is 14.5. The van der Waals surface area contributed by atoms with Crippen LogP contribution in [0.1, 0.15) is 149 Å². The Bertz CT molecular complexity index is 1950. The van der Waals surface area contributed by atoms with Crippen molar-refractivity contribution < 1.29 is 42.5 Å². The third-order valence-corrected chi connectivity index (χ3v) is 19.5. The molecule has 8 fully saturated rings. The van der Waals surface area contributed by atoms with Crippen LogP contribution in [0.2, 0.25) is 0 Å². The normalized spacial score (nSPS) is 45.8. The van der Waals surface area contributed by atoms with Crippen LogP contribution >= 0.6 is 0 Å². The maximum atomic E-state index is 16.4. The van der Waals surface area contributed by atoms with Crippen molar-refractivity contribution in [1.82, 2.24) is 0 Å². The number of Topliss-reactive ketones (excluding diaryl/α,β-unsaturated/α-hetero) is 1. The summed E-state index contributed by atoms with van der Waals surface area (Å²) in [5.41, 5.74) is 2.85. The fraction of sp³-hybridized carbons (Fsp3) is 0.736. The number of carbonyl (C=O) groups is 2. The second kappa shape index (κ2) is 17.0. The van der Waals surface area contributed by atoms with E-state index in [-0.39, 0.29) is 63.8 Å². The fourth-order valence-corrected chi connectivity index (χ4v) is 16.3. The number of carboxylic acids is 1. The van der Waals surface area contributed by atoms with Crippen molar-refractivity contribution in [1.29, 1.82) is 0 Å². The molecule has 348 valence electrons.